The minimum absolute atomic E-state index is 0.0955. The first kappa shape index (κ1) is 12.3. The summed E-state index contributed by atoms with van der Waals surface area (Å²) in [5.41, 5.74) is -0.0955. The predicted octanol–water partition coefficient (Wildman–Crippen LogP) is 3.10. The van der Waals surface area contributed by atoms with E-state index in [0.717, 1.165) is 25.9 Å². The van der Waals surface area contributed by atoms with Gasteiger partial charge in [0.2, 0.25) is 0 Å². The molecule has 0 spiro atoms. The third-order valence-corrected chi connectivity index (χ3v) is 1.77. The third kappa shape index (κ3) is 6.95. The normalized spacial score (nSPS) is 16.0. The molecule has 0 aliphatic carbocycles. The van der Waals surface area contributed by atoms with Gasteiger partial charge in [0.25, 0.3) is 0 Å². The summed E-state index contributed by atoms with van der Waals surface area (Å²) in [6.07, 6.45) is 2.85. The predicted molar refractivity (Wildman–Crippen MR) is 53.1 cm³/mol. The van der Waals surface area contributed by atoms with Crippen LogP contribution in [0.4, 0.5) is 0 Å². The van der Waals surface area contributed by atoms with Crippen LogP contribution in [0.1, 0.15) is 40.0 Å². The van der Waals surface area contributed by atoms with Crippen molar-refractivity contribution in [3.63, 3.8) is 0 Å². The van der Waals surface area contributed by atoms with Crippen LogP contribution in [0.2, 0.25) is 0 Å². The lowest BCUT2D eigenvalue weighted by atomic mass is 10.3. The Kier molecular flexibility index (Phi) is 8.07. The molecule has 73 valence electrons. The van der Waals surface area contributed by atoms with E-state index in [4.69, 9.17) is 22.1 Å². The minimum atomic E-state index is -0.154. The topological polar surface area (TPSA) is 18.5 Å². The van der Waals surface area contributed by atoms with Crippen molar-refractivity contribution in [2.24, 2.45) is 0 Å². The highest BCUT2D eigenvalue weighted by Crippen LogP contribution is 2.09. The highest BCUT2D eigenvalue weighted by Gasteiger charge is 2.08. The van der Waals surface area contributed by atoms with Gasteiger partial charge in [-0.15, -0.1) is 0 Å². The van der Waals surface area contributed by atoms with Crippen LogP contribution in [0, 0.1) is 0 Å². The van der Waals surface area contributed by atoms with Gasteiger partial charge < -0.3 is 9.47 Å². The number of hydrogen-bond acceptors (Lipinski definition) is 2. The van der Waals surface area contributed by atoms with Crippen LogP contribution in [-0.4, -0.2) is 18.3 Å². The van der Waals surface area contributed by atoms with Gasteiger partial charge in [0.05, 0.1) is 0 Å². The second kappa shape index (κ2) is 7.90. The SMILES string of the molecule is CCCOC(C)OC([S])CCC. The lowest BCUT2D eigenvalue weighted by Gasteiger charge is -2.17. The van der Waals surface area contributed by atoms with Gasteiger partial charge in [0.1, 0.15) is 5.44 Å². The lowest BCUT2D eigenvalue weighted by Crippen LogP contribution is -2.18. The zero-order valence-electron chi connectivity index (χ0n) is 8.21. The maximum absolute atomic E-state index is 5.39. The molecule has 0 rings (SSSR count). The Balaban J connectivity index is 3.33. The van der Waals surface area contributed by atoms with Crippen molar-refractivity contribution in [2.45, 2.75) is 51.8 Å². The quantitative estimate of drug-likeness (QED) is 0.576. The second-order valence-corrected chi connectivity index (χ2v) is 3.32. The maximum atomic E-state index is 5.39. The summed E-state index contributed by atoms with van der Waals surface area (Å²) < 4.78 is 10.7. The third-order valence-electron chi connectivity index (χ3n) is 1.42. The van der Waals surface area contributed by atoms with E-state index in [1.165, 1.54) is 0 Å². The number of rotatable bonds is 7. The summed E-state index contributed by atoms with van der Waals surface area (Å²) in [6.45, 7) is 6.81. The smallest absolute Gasteiger partial charge is 0.156 e. The average Bonchev–Trinajstić information content (AvgIpc) is 2.01. The van der Waals surface area contributed by atoms with Gasteiger partial charge in [-0.3, -0.25) is 0 Å². The van der Waals surface area contributed by atoms with E-state index in [0.29, 0.717) is 0 Å². The van der Waals surface area contributed by atoms with E-state index < -0.39 is 0 Å². The fourth-order valence-corrected chi connectivity index (χ4v) is 1.23. The van der Waals surface area contributed by atoms with Crippen molar-refractivity contribution >= 4 is 12.6 Å². The summed E-state index contributed by atoms with van der Waals surface area (Å²) in [4.78, 5) is 0. The Morgan fingerprint density at radius 1 is 1.25 bits per heavy atom. The first-order valence-electron chi connectivity index (χ1n) is 4.63. The molecule has 2 unspecified atom stereocenters. The zero-order valence-corrected chi connectivity index (χ0v) is 9.02. The van der Waals surface area contributed by atoms with Crippen molar-refractivity contribution in [2.75, 3.05) is 6.61 Å². The van der Waals surface area contributed by atoms with Crippen molar-refractivity contribution in [3.05, 3.63) is 0 Å². The van der Waals surface area contributed by atoms with E-state index in [1.54, 1.807) is 0 Å². The maximum Gasteiger partial charge on any atom is 0.156 e. The molecule has 0 N–H and O–H groups in total. The number of ether oxygens (including phenoxy) is 2. The van der Waals surface area contributed by atoms with Gasteiger partial charge in [0.15, 0.2) is 6.29 Å². The summed E-state index contributed by atoms with van der Waals surface area (Å²) in [5.74, 6) is 0. The van der Waals surface area contributed by atoms with Gasteiger partial charge in [-0.1, -0.05) is 32.9 Å². The fourth-order valence-electron chi connectivity index (χ4n) is 0.841. The van der Waals surface area contributed by atoms with Gasteiger partial charge in [-0.2, -0.15) is 0 Å². The molecule has 0 aliphatic heterocycles. The molecular formula is C9H19O2S. The standard InChI is InChI=1S/C9H19O2S/c1-4-6-9(12)11-8(3)10-7-5-2/h8-9H,4-7H2,1-3H3. The first-order valence-corrected chi connectivity index (χ1v) is 5.10. The molecule has 0 aromatic carbocycles. The van der Waals surface area contributed by atoms with Crippen LogP contribution in [-0.2, 0) is 9.47 Å². The van der Waals surface area contributed by atoms with Crippen LogP contribution < -0.4 is 0 Å². The molecule has 2 atom stereocenters. The molecule has 0 bridgehead atoms. The molecule has 0 aromatic heterocycles. The fraction of sp³-hybridized carbons (Fsp3) is 1.00. The van der Waals surface area contributed by atoms with Gasteiger partial charge >= 0.3 is 0 Å². The van der Waals surface area contributed by atoms with E-state index in [2.05, 4.69) is 13.8 Å². The lowest BCUT2D eigenvalue weighted by molar-refractivity contribution is -0.139. The Labute approximate surface area is 81.0 Å². The van der Waals surface area contributed by atoms with Crippen LogP contribution in [0.5, 0.6) is 0 Å². The Morgan fingerprint density at radius 3 is 2.42 bits per heavy atom. The van der Waals surface area contributed by atoms with E-state index in [-0.39, 0.29) is 11.7 Å². The summed E-state index contributed by atoms with van der Waals surface area (Å²) in [7, 11) is 0. The zero-order chi connectivity index (χ0) is 9.40. The molecule has 0 heterocycles. The molecule has 2 nitrogen and oxygen atoms in total. The highest BCUT2D eigenvalue weighted by atomic mass is 32.1. The largest absolute Gasteiger partial charge is 0.353 e. The van der Waals surface area contributed by atoms with E-state index in [9.17, 15) is 0 Å². The van der Waals surface area contributed by atoms with Crippen molar-refractivity contribution in [1.29, 1.82) is 0 Å². The van der Waals surface area contributed by atoms with Crippen molar-refractivity contribution in [3.8, 4) is 0 Å². The van der Waals surface area contributed by atoms with Gasteiger partial charge in [-0.25, -0.2) is 0 Å². The summed E-state index contributed by atoms with van der Waals surface area (Å²) in [6, 6.07) is 0. The molecule has 0 saturated heterocycles. The van der Waals surface area contributed by atoms with Gasteiger partial charge in [-0.05, 0) is 19.8 Å². The Bertz CT molecular complexity index is 98.5. The second-order valence-electron chi connectivity index (χ2n) is 2.79. The van der Waals surface area contributed by atoms with Crippen LogP contribution in [0.25, 0.3) is 0 Å². The summed E-state index contributed by atoms with van der Waals surface area (Å²) in [5, 5.41) is 0. The van der Waals surface area contributed by atoms with E-state index >= 15 is 0 Å². The van der Waals surface area contributed by atoms with Crippen LogP contribution in [0.15, 0.2) is 0 Å². The Hall–Kier alpha value is 0.270. The molecule has 12 heavy (non-hydrogen) atoms. The average molecular weight is 191 g/mol. The van der Waals surface area contributed by atoms with Crippen LogP contribution >= 0.6 is 12.6 Å². The monoisotopic (exact) mass is 191 g/mol. The molecule has 3 heteroatoms. The highest BCUT2D eigenvalue weighted by molar-refractivity contribution is 7.80. The molecule has 1 radical (unpaired) electrons. The molecular weight excluding hydrogens is 172 g/mol. The van der Waals surface area contributed by atoms with E-state index in [1.807, 2.05) is 6.92 Å². The minimum Gasteiger partial charge on any atom is -0.353 e. The molecule has 0 aliphatic rings. The van der Waals surface area contributed by atoms with Crippen LogP contribution in [0.3, 0.4) is 0 Å². The molecule has 0 fully saturated rings. The number of hydrogen-bond donors (Lipinski definition) is 0. The van der Waals surface area contributed by atoms with Gasteiger partial charge in [0, 0.05) is 6.61 Å². The summed E-state index contributed by atoms with van der Waals surface area (Å²) >= 11 is 5.06. The van der Waals surface area contributed by atoms with Crippen molar-refractivity contribution < 1.29 is 9.47 Å². The first-order chi connectivity index (χ1) is 5.70. The molecule has 0 aromatic rings. The molecule has 0 amide bonds. The Morgan fingerprint density at radius 2 is 1.92 bits per heavy atom. The molecule has 0 saturated carbocycles. The van der Waals surface area contributed by atoms with Crippen molar-refractivity contribution in [1.82, 2.24) is 0 Å².